The van der Waals surface area contributed by atoms with E-state index in [1.54, 1.807) is 25.3 Å². The average molecular weight is 402 g/mol. The van der Waals surface area contributed by atoms with Crippen molar-refractivity contribution in [1.82, 2.24) is 10.3 Å². The Kier molecular flexibility index (Phi) is 6.79. The minimum Gasteiger partial charge on any atom is -0.493 e. The van der Waals surface area contributed by atoms with Crippen LogP contribution in [0.5, 0.6) is 11.5 Å². The van der Waals surface area contributed by atoms with E-state index in [0.717, 1.165) is 32.1 Å². The Bertz CT molecular complexity index is 915. The van der Waals surface area contributed by atoms with Gasteiger partial charge in [-0.1, -0.05) is 32.6 Å². The molecule has 0 atom stereocenters. The van der Waals surface area contributed by atoms with Gasteiger partial charge in [0.1, 0.15) is 5.56 Å². The molecule has 158 valence electrons. The van der Waals surface area contributed by atoms with E-state index < -0.39 is 17.0 Å². The highest BCUT2D eigenvalue weighted by Gasteiger charge is 2.35. The first kappa shape index (κ1) is 21.2. The number of carbonyl (C=O) groups excluding carboxylic acids is 1. The Morgan fingerprint density at radius 1 is 1.28 bits per heavy atom. The van der Waals surface area contributed by atoms with Crippen LogP contribution in [0, 0.1) is 0 Å². The molecule has 1 aromatic carbocycles. The summed E-state index contributed by atoms with van der Waals surface area (Å²) < 4.78 is 11.3. The fraction of sp³-hybridized carbons (Fsp3) is 0.545. The van der Waals surface area contributed by atoms with Crippen molar-refractivity contribution in [1.29, 1.82) is 0 Å². The van der Waals surface area contributed by atoms with E-state index in [2.05, 4.69) is 17.2 Å². The summed E-state index contributed by atoms with van der Waals surface area (Å²) in [4.78, 5) is 28.3. The van der Waals surface area contributed by atoms with Gasteiger partial charge in [-0.25, -0.2) is 0 Å². The number of amides is 1. The number of carbonyl (C=O) groups is 1. The number of aliphatic hydroxyl groups is 1. The molecule has 0 spiro atoms. The predicted molar refractivity (Wildman–Crippen MR) is 112 cm³/mol. The van der Waals surface area contributed by atoms with Crippen LogP contribution in [0.25, 0.3) is 10.9 Å². The number of fused-ring (bicyclic) bond motifs is 1. The van der Waals surface area contributed by atoms with Crippen molar-refractivity contribution >= 4 is 16.8 Å². The van der Waals surface area contributed by atoms with Crippen molar-refractivity contribution in [2.45, 2.75) is 57.4 Å². The highest BCUT2D eigenvalue weighted by molar-refractivity contribution is 5.99. The topological polar surface area (TPSA) is 101 Å². The molecule has 0 saturated heterocycles. The van der Waals surface area contributed by atoms with Gasteiger partial charge in [-0.05, 0) is 37.5 Å². The Hall–Kier alpha value is -2.54. The van der Waals surface area contributed by atoms with E-state index in [4.69, 9.17) is 9.47 Å². The summed E-state index contributed by atoms with van der Waals surface area (Å²) in [6.07, 6.45) is 6.38. The largest absolute Gasteiger partial charge is 0.493 e. The number of pyridine rings is 1. The molecule has 7 heteroatoms. The number of aromatic nitrogens is 1. The number of rotatable bonds is 9. The van der Waals surface area contributed by atoms with E-state index in [-0.39, 0.29) is 12.2 Å². The maximum absolute atomic E-state index is 12.8. The number of hydrogen-bond donors (Lipinski definition) is 3. The maximum Gasteiger partial charge on any atom is 0.261 e. The van der Waals surface area contributed by atoms with Crippen LogP contribution in [-0.4, -0.2) is 41.9 Å². The van der Waals surface area contributed by atoms with Crippen molar-refractivity contribution in [3.63, 3.8) is 0 Å². The van der Waals surface area contributed by atoms with E-state index in [1.165, 1.54) is 0 Å². The number of methoxy groups -OCH3 is 1. The molecule has 1 fully saturated rings. The second kappa shape index (κ2) is 9.31. The third-order valence-electron chi connectivity index (χ3n) is 5.64. The zero-order chi connectivity index (χ0) is 20.9. The Labute approximate surface area is 170 Å². The second-order valence-electron chi connectivity index (χ2n) is 7.73. The van der Waals surface area contributed by atoms with Gasteiger partial charge in [0.15, 0.2) is 11.5 Å². The highest BCUT2D eigenvalue weighted by atomic mass is 16.5. The number of aromatic amines is 1. The molecular weight excluding hydrogens is 372 g/mol. The first-order valence-corrected chi connectivity index (χ1v) is 10.3. The van der Waals surface area contributed by atoms with Crippen molar-refractivity contribution in [2.75, 3.05) is 20.3 Å². The molecule has 7 nitrogen and oxygen atoms in total. The van der Waals surface area contributed by atoms with Gasteiger partial charge >= 0.3 is 0 Å². The first-order valence-electron chi connectivity index (χ1n) is 10.3. The Balaban J connectivity index is 1.92. The van der Waals surface area contributed by atoms with Crippen molar-refractivity contribution in [3.05, 3.63) is 34.1 Å². The fourth-order valence-electron chi connectivity index (χ4n) is 3.91. The molecule has 1 aromatic heterocycles. The molecule has 1 aliphatic carbocycles. The van der Waals surface area contributed by atoms with E-state index >= 15 is 0 Å². The third-order valence-corrected chi connectivity index (χ3v) is 5.64. The van der Waals surface area contributed by atoms with Gasteiger partial charge in [0, 0.05) is 5.39 Å². The monoisotopic (exact) mass is 402 g/mol. The standard InChI is InChI=1S/C22H30N2O5/c1-3-4-7-12-29-19-17(28-2)9-8-15-13-16(20(26)23-18(15)19)21(27)24-22(14-25)10-5-6-11-22/h8-9,13,25H,3-7,10-12,14H2,1-2H3,(H,23,26)(H,24,27). The third kappa shape index (κ3) is 4.56. The van der Waals surface area contributed by atoms with Gasteiger partial charge < -0.3 is 24.9 Å². The molecule has 0 radical (unpaired) electrons. The van der Waals surface area contributed by atoms with Gasteiger partial charge in [-0.15, -0.1) is 0 Å². The zero-order valence-electron chi connectivity index (χ0n) is 17.2. The smallest absolute Gasteiger partial charge is 0.261 e. The van der Waals surface area contributed by atoms with Crippen molar-refractivity contribution in [3.8, 4) is 11.5 Å². The summed E-state index contributed by atoms with van der Waals surface area (Å²) in [7, 11) is 1.55. The lowest BCUT2D eigenvalue weighted by Crippen LogP contribution is -2.50. The van der Waals surface area contributed by atoms with Crippen LogP contribution in [0.4, 0.5) is 0 Å². The van der Waals surface area contributed by atoms with Crippen LogP contribution in [0.1, 0.15) is 62.2 Å². The molecule has 1 aliphatic rings. The summed E-state index contributed by atoms with van der Waals surface area (Å²) in [5, 5.41) is 13.3. The van der Waals surface area contributed by atoms with E-state index in [1.807, 2.05) is 0 Å². The van der Waals surface area contributed by atoms with Crippen LogP contribution in [0.2, 0.25) is 0 Å². The summed E-state index contributed by atoms with van der Waals surface area (Å²) in [5.74, 6) is 0.546. The predicted octanol–water partition coefficient (Wildman–Crippen LogP) is 3.14. The van der Waals surface area contributed by atoms with Gasteiger partial charge in [-0.2, -0.15) is 0 Å². The molecular formula is C22H30N2O5. The van der Waals surface area contributed by atoms with Crippen LogP contribution in [0.15, 0.2) is 23.0 Å². The summed E-state index contributed by atoms with van der Waals surface area (Å²) in [5.41, 5.74) is -0.585. The molecule has 0 bridgehead atoms. The normalized spacial score (nSPS) is 15.4. The first-order chi connectivity index (χ1) is 14.0. The lowest BCUT2D eigenvalue weighted by atomic mass is 9.98. The number of hydrogen-bond acceptors (Lipinski definition) is 5. The molecule has 0 unspecified atom stereocenters. The van der Waals surface area contributed by atoms with Gasteiger partial charge in [0.05, 0.1) is 31.4 Å². The number of unbranched alkanes of at least 4 members (excludes halogenated alkanes) is 2. The highest BCUT2D eigenvalue weighted by Crippen LogP contribution is 2.34. The number of benzene rings is 1. The number of ether oxygens (including phenoxy) is 2. The van der Waals surface area contributed by atoms with Crippen LogP contribution < -0.4 is 20.3 Å². The molecule has 1 amide bonds. The van der Waals surface area contributed by atoms with Gasteiger partial charge in [-0.3, -0.25) is 9.59 Å². The minimum absolute atomic E-state index is 0.0272. The number of nitrogens with one attached hydrogen (secondary N) is 2. The molecule has 3 rings (SSSR count). The fourth-order valence-corrected chi connectivity index (χ4v) is 3.91. The lowest BCUT2D eigenvalue weighted by molar-refractivity contribution is 0.0837. The van der Waals surface area contributed by atoms with Gasteiger partial charge in [0.2, 0.25) is 0 Å². The zero-order valence-corrected chi connectivity index (χ0v) is 17.2. The average Bonchev–Trinajstić information content (AvgIpc) is 3.19. The number of aliphatic hydroxyl groups excluding tert-OH is 1. The molecule has 0 aliphatic heterocycles. The number of H-pyrrole nitrogens is 1. The molecule has 1 heterocycles. The molecule has 2 aromatic rings. The lowest BCUT2D eigenvalue weighted by Gasteiger charge is -2.27. The van der Waals surface area contributed by atoms with Crippen molar-refractivity contribution < 1.29 is 19.4 Å². The van der Waals surface area contributed by atoms with Crippen LogP contribution in [-0.2, 0) is 0 Å². The van der Waals surface area contributed by atoms with E-state index in [0.29, 0.717) is 41.9 Å². The van der Waals surface area contributed by atoms with Gasteiger partial charge in [0.25, 0.3) is 11.5 Å². The molecule has 1 saturated carbocycles. The Morgan fingerprint density at radius 2 is 2.03 bits per heavy atom. The Morgan fingerprint density at radius 3 is 2.69 bits per heavy atom. The molecule has 3 N–H and O–H groups in total. The second-order valence-corrected chi connectivity index (χ2v) is 7.73. The van der Waals surface area contributed by atoms with Crippen LogP contribution in [0.3, 0.4) is 0 Å². The summed E-state index contributed by atoms with van der Waals surface area (Å²) >= 11 is 0. The molecule has 29 heavy (non-hydrogen) atoms. The van der Waals surface area contributed by atoms with E-state index in [9.17, 15) is 14.7 Å². The maximum atomic E-state index is 12.8. The quantitative estimate of drug-likeness (QED) is 0.560. The summed E-state index contributed by atoms with van der Waals surface area (Å²) in [6.45, 7) is 2.51. The SMILES string of the molecule is CCCCCOc1c(OC)ccc2cc(C(=O)NC3(CO)CCCC3)c(=O)[nH]c12. The van der Waals surface area contributed by atoms with Crippen molar-refractivity contribution in [2.24, 2.45) is 0 Å². The van der Waals surface area contributed by atoms with Crippen LogP contribution >= 0.6 is 0 Å². The minimum atomic E-state index is -0.633. The summed E-state index contributed by atoms with van der Waals surface area (Å²) in [6, 6.07) is 5.13.